The number of carbonyl (C=O) groups is 1. The molecule has 0 aromatic heterocycles. The molecule has 0 bridgehead atoms. The first-order valence-electron chi connectivity index (χ1n) is 5.14. The molecule has 0 aliphatic heterocycles. The highest BCUT2D eigenvalue weighted by atomic mass is 19.1. The van der Waals surface area contributed by atoms with Crippen molar-refractivity contribution in [2.45, 2.75) is 13.1 Å². The van der Waals surface area contributed by atoms with Gasteiger partial charge in [-0.3, -0.25) is 10.1 Å². The number of methoxy groups -OCH3 is 1. The van der Waals surface area contributed by atoms with Crippen molar-refractivity contribution in [2.24, 2.45) is 0 Å². The van der Waals surface area contributed by atoms with E-state index in [9.17, 15) is 19.3 Å². The van der Waals surface area contributed by atoms with Gasteiger partial charge in [0.15, 0.2) is 0 Å². The van der Waals surface area contributed by atoms with Crippen molar-refractivity contribution in [1.29, 1.82) is 0 Å². The van der Waals surface area contributed by atoms with Crippen molar-refractivity contribution >= 4 is 11.7 Å². The first-order chi connectivity index (χ1) is 8.51. The van der Waals surface area contributed by atoms with Crippen LogP contribution in [0.1, 0.15) is 18.7 Å². The average molecular weight is 257 g/mol. The quantitative estimate of drug-likeness (QED) is 0.459. The van der Waals surface area contributed by atoms with Crippen LogP contribution in [0.4, 0.5) is 10.1 Å². The number of esters is 1. The molecule has 18 heavy (non-hydrogen) atoms. The molecule has 0 amide bonds. The van der Waals surface area contributed by atoms with E-state index in [1.54, 1.807) is 0 Å². The molecule has 0 fully saturated rings. The lowest BCUT2D eigenvalue weighted by molar-refractivity contribution is -0.386. The normalized spacial score (nSPS) is 11.7. The second-order valence-corrected chi connectivity index (χ2v) is 3.30. The van der Waals surface area contributed by atoms with Crippen molar-refractivity contribution in [3.63, 3.8) is 0 Å². The number of ether oxygens (including phenoxy) is 2. The molecule has 1 rings (SSSR count). The van der Waals surface area contributed by atoms with Crippen molar-refractivity contribution < 1.29 is 23.6 Å². The predicted octanol–water partition coefficient (Wildman–Crippen LogP) is 2.18. The number of nitro benzene ring substituents is 1. The standard InChI is InChI=1S/C11H12FNO5/c1-3-18-11(14)10(12)8-6-7(17-2)4-5-9(8)13(15)16/h4-6,10H,3H2,1-2H3. The second kappa shape index (κ2) is 5.95. The second-order valence-electron chi connectivity index (χ2n) is 3.30. The third kappa shape index (κ3) is 2.93. The van der Waals surface area contributed by atoms with Gasteiger partial charge >= 0.3 is 5.97 Å². The third-order valence-corrected chi connectivity index (χ3v) is 2.20. The number of hydrogen-bond donors (Lipinski definition) is 0. The summed E-state index contributed by atoms with van der Waals surface area (Å²) < 4.78 is 23.1. The molecular weight excluding hydrogens is 245 g/mol. The van der Waals surface area contributed by atoms with Gasteiger partial charge in [0.1, 0.15) is 5.75 Å². The minimum Gasteiger partial charge on any atom is -0.497 e. The number of alkyl halides is 1. The topological polar surface area (TPSA) is 78.7 Å². The van der Waals surface area contributed by atoms with Gasteiger partial charge in [0.2, 0.25) is 6.17 Å². The molecule has 98 valence electrons. The molecule has 1 atom stereocenters. The van der Waals surface area contributed by atoms with E-state index in [4.69, 9.17) is 4.74 Å². The van der Waals surface area contributed by atoms with Gasteiger partial charge in [0.05, 0.1) is 24.2 Å². The Morgan fingerprint density at radius 3 is 2.72 bits per heavy atom. The van der Waals surface area contributed by atoms with Crippen LogP contribution in [0.15, 0.2) is 18.2 Å². The molecule has 7 heteroatoms. The molecule has 0 radical (unpaired) electrons. The van der Waals surface area contributed by atoms with Crippen LogP contribution < -0.4 is 4.74 Å². The van der Waals surface area contributed by atoms with Crippen LogP contribution in [0.3, 0.4) is 0 Å². The Balaban J connectivity index is 3.18. The summed E-state index contributed by atoms with van der Waals surface area (Å²) in [6.45, 7) is 1.52. The summed E-state index contributed by atoms with van der Waals surface area (Å²) in [5.41, 5.74) is -0.867. The van der Waals surface area contributed by atoms with Crippen molar-refractivity contribution in [3.05, 3.63) is 33.9 Å². The number of benzene rings is 1. The fourth-order valence-electron chi connectivity index (χ4n) is 1.37. The average Bonchev–Trinajstić information content (AvgIpc) is 2.37. The van der Waals surface area contributed by atoms with Crippen LogP contribution in [-0.4, -0.2) is 24.6 Å². The fourth-order valence-corrected chi connectivity index (χ4v) is 1.37. The van der Waals surface area contributed by atoms with Crippen molar-refractivity contribution in [3.8, 4) is 5.75 Å². The van der Waals surface area contributed by atoms with E-state index in [0.29, 0.717) is 0 Å². The number of halogens is 1. The number of hydrogen-bond acceptors (Lipinski definition) is 5. The van der Waals surface area contributed by atoms with E-state index in [1.807, 2.05) is 0 Å². The lowest BCUT2D eigenvalue weighted by atomic mass is 10.1. The fraction of sp³-hybridized carbons (Fsp3) is 0.364. The van der Waals surface area contributed by atoms with E-state index >= 15 is 0 Å². The summed E-state index contributed by atoms with van der Waals surface area (Å²) in [5.74, 6) is -0.934. The summed E-state index contributed by atoms with van der Waals surface area (Å²) in [6, 6.07) is 3.51. The molecule has 1 aromatic rings. The lowest BCUT2D eigenvalue weighted by Gasteiger charge is -2.09. The van der Waals surface area contributed by atoms with Gasteiger partial charge in [0, 0.05) is 6.07 Å². The van der Waals surface area contributed by atoms with Gasteiger partial charge in [0.25, 0.3) is 5.69 Å². The zero-order valence-electron chi connectivity index (χ0n) is 9.88. The Kier molecular flexibility index (Phi) is 4.59. The summed E-state index contributed by atoms with van der Waals surface area (Å²) in [5, 5.41) is 10.8. The van der Waals surface area contributed by atoms with Gasteiger partial charge in [-0.15, -0.1) is 0 Å². The first-order valence-corrected chi connectivity index (χ1v) is 5.14. The van der Waals surface area contributed by atoms with Crippen LogP contribution in [0.5, 0.6) is 5.75 Å². The molecule has 0 saturated carbocycles. The Hall–Kier alpha value is -2.18. The highest BCUT2D eigenvalue weighted by Gasteiger charge is 2.29. The summed E-state index contributed by atoms with van der Waals surface area (Å²) in [6.07, 6.45) is -2.21. The van der Waals surface area contributed by atoms with E-state index in [2.05, 4.69) is 4.74 Å². The Bertz CT molecular complexity index is 463. The monoisotopic (exact) mass is 257 g/mol. The summed E-state index contributed by atoms with van der Waals surface area (Å²) in [4.78, 5) is 21.2. The first kappa shape index (κ1) is 13.9. The Labute approximate surface area is 102 Å². The molecule has 0 saturated heterocycles. The van der Waals surface area contributed by atoms with Crippen LogP contribution in [0, 0.1) is 10.1 Å². The molecular formula is C11H12FNO5. The molecule has 0 aliphatic carbocycles. The van der Waals surface area contributed by atoms with Gasteiger partial charge < -0.3 is 9.47 Å². The smallest absolute Gasteiger partial charge is 0.345 e. The zero-order chi connectivity index (χ0) is 13.7. The number of nitro groups is 1. The van der Waals surface area contributed by atoms with Gasteiger partial charge in [-0.05, 0) is 19.1 Å². The number of nitrogens with zero attached hydrogens (tertiary/aromatic N) is 1. The number of carbonyl (C=O) groups excluding carboxylic acids is 1. The molecule has 0 heterocycles. The van der Waals surface area contributed by atoms with E-state index in [-0.39, 0.29) is 17.9 Å². The van der Waals surface area contributed by atoms with E-state index < -0.39 is 22.8 Å². The Morgan fingerprint density at radius 1 is 1.56 bits per heavy atom. The van der Waals surface area contributed by atoms with Crippen LogP contribution in [0.2, 0.25) is 0 Å². The molecule has 0 N–H and O–H groups in total. The van der Waals surface area contributed by atoms with Gasteiger partial charge in [-0.2, -0.15) is 0 Å². The molecule has 6 nitrogen and oxygen atoms in total. The minimum atomic E-state index is -2.21. The van der Waals surface area contributed by atoms with Crippen LogP contribution in [0.25, 0.3) is 0 Å². The molecule has 1 aromatic carbocycles. The molecule has 1 unspecified atom stereocenters. The minimum absolute atomic E-state index is 0.00296. The van der Waals surface area contributed by atoms with Crippen molar-refractivity contribution in [2.75, 3.05) is 13.7 Å². The largest absolute Gasteiger partial charge is 0.497 e. The van der Waals surface area contributed by atoms with Gasteiger partial charge in [-0.1, -0.05) is 0 Å². The maximum Gasteiger partial charge on any atom is 0.345 e. The molecule has 0 aliphatic rings. The summed E-state index contributed by atoms with van der Waals surface area (Å²) >= 11 is 0. The van der Waals surface area contributed by atoms with Crippen molar-refractivity contribution in [1.82, 2.24) is 0 Å². The highest BCUT2D eigenvalue weighted by molar-refractivity contribution is 5.78. The van der Waals surface area contributed by atoms with E-state index in [1.165, 1.54) is 20.1 Å². The Morgan fingerprint density at radius 2 is 2.22 bits per heavy atom. The number of rotatable bonds is 5. The maximum atomic E-state index is 13.8. The van der Waals surface area contributed by atoms with E-state index in [0.717, 1.165) is 12.1 Å². The van der Waals surface area contributed by atoms with Crippen LogP contribution in [-0.2, 0) is 9.53 Å². The highest BCUT2D eigenvalue weighted by Crippen LogP contribution is 2.32. The molecule has 0 spiro atoms. The van der Waals surface area contributed by atoms with Crippen LogP contribution >= 0.6 is 0 Å². The maximum absolute atomic E-state index is 13.8. The zero-order valence-corrected chi connectivity index (χ0v) is 9.88. The SMILES string of the molecule is CCOC(=O)C(F)c1cc(OC)ccc1[N+](=O)[O-]. The van der Waals surface area contributed by atoms with Gasteiger partial charge in [-0.25, -0.2) is 9.18 Å². The third-order valence-electron chi connectivity index (χ3n) is 2.20. The summed E-state index contributed by atoms with van der Waals surface area (Å²) in [7, 11) is 1.34. The lowest BCUT2D eigenvalue weighted by Crippen LogP contribution is -2.13. The predicted molar refractivity (Wildman–Crippen MR) is 60.1 cm³/mol.